The van der Waals surface area contributed by atoms with E-state index in [1.165, 1.54) is 0 Å². The fourth-order valence-corrected chi connectivity index (χ4v) is 1.42. The van der Waals surface area contributed by atoms with Crippen LogP contribution in [0.25, 0.3) is 0 Å². The van der Waals surface area contributed by atoms with Crippen LogP contribution in [-0.4, -0.2) is 12.5 Å². The second-order valence-corrected chi connectivity index (χ2v) is 3.82. The van der Waals surface area contributed by atoms with Gasteiger partial charge >= 0.3 is 0 Å². The molecule has 88 valence electrons. The Morgan fingerprint density at radius 2 is 2.12 bits per heavy atom. The van der Waals surface area contributed by atoms with Gasteiger partial charge in [0, 0.05) is 5.02 Å². The maximum atomic E-state index is 10.5. The highest BCUT2D eigenvalue weighted by Crippen LogP contribution is 2.18. The van der Waals surface area contributed by atoms with Gasteiger partial charge < -0.3 is 5.73 Å². The molecule has 0 heterocycles. The molecule has 0 aliphatic heterocycles. The summed E-state index contributed by atoms with van der Waals surface area (Å²) in [7, 11) is 0. The lowest BCUT2D eigenvalue weighted by atomic mass is 10.1. The van der Waals surface area contributed by atoms with Crippen LogP contribution >= 0.6 is 11.6 Å². The molecule has 16 heavy (non-hydrogen) atoms. The summed E-state index contributed by atoms with van der Waals surface area (Å²) in [4.78, 5) is 15.5. The minimum absolute atomic E-state index is 0.0246. The van der Waals surface area contributed by atoms with Crippen molar-refractivity contribution in [3.05, 3.63) is 34.9 Å². The Bertz CT molecular complexity index is 340. The third-order valence-electron chi connectivity index (χ3n) is 2.12. The lowest BCUT2D eigenvalue weighted by molar-refractivity contribution is -0.126. The highest BCUT2D eigenvalue weighted by molar-refractivity contribution is 6.30. The zero-order valence-electron chi connectivity index (χ0n) is 9.07. The fraction of sp³-hybridized carbons (Fsp3) is 0.364. The topological polar surface area (TPSA) is 64.3 Å². The summed E-state index contributed by atoms with van der Waals surface area (Å²) in [6.45, 7) is 1.88. The number of halogens is 1. The van der Waals surface area contributed by atoms with Gasteiger partial charge in [-0.3, -0.25) is 9.63 Å². The van der Waals surface area contributed by atoms with Crippen molar-refractivity contribution >= 4 is 17.5 Å². The number of hydrogen-bond acceptors (Lipinski definition) is 3. The largest absolute Gasteiger partial charge is 0.368 e. The number of nitrogens with two attached hydrogens (primary N) is 1. The normalized spacial score (nSPS) is 12.4. The predicted octanol–water partition coefficient (Wildman–Crippen LogP) is 1.80. The quantitative estimate of drug-likeness (QED) is 0.748. The lowest BCUT2D eigenvalue weighted by Gasteiger charge is -2.16. The molecule has 1 amide bonds. The van der Waals surface area contributed by atoms with Gasteiger partial charge in [-0.15, -0.1) is 0 Å². The van der Waals surface area contributed by atoms with Crippen LogP contribution in [0.2, 0.25) is 5.02 Å². The van der Waals surface area contributed by atoms with E-state index in [1.54, 1.807) is 0 Å². The summed E-state index contributed by atoms with van der Waals surface area (Å²) < 4.78 is 0. The molecule has 1 aromatic rings. The molecule has 1 rings (SSSR count). The summed E-state index contributed by atoms with van der Waals surface area (Å²) in [5, 5.41) is 0.691. The summed E-state index contributed by atoms with van der Waals surface area (Å²) in [5.74, 6) is -0.501. The van der Waals surface area contributed by atoms with Crippen molar-refractivity contribution in [1.82, 2.24) is 5.48 Å². The number of primary amides is 1. The molecule has 0 spiro atoms. The van der Waals surface area contributed by atoms with Crippen molar-refractivity contribution < 1.29 is 9.63 Å². The van der Waals surface area contributed by atoms with E-state index in [4.69, 9.17) is 22.2 Å². The number of carbonyl (C=O) groups excluding carboxylic acids is 1. The molecule has 5 heteroatoms. The first-order chi connectivity index (χ1) is 7.63. The maximum Gasteiger partial charge on any atom is 0.245 e. The molecule has 3 N–H and O–H groups in total. The van der Waals surface area contributed by atoms with Gasteiger partial charge in [0.1, 0.15) is 6.61 Å². The van der Waals surface area contributed by atoms with E-state index in [-0.39, 0.29) is 12.6 Å². The first-order valence-electron chi connectivity index (χ1n) is 5.04. The molecule has 0 saturated heterocycles. The van der Waals surface area contributed by atoms with E-state index in [9.17, 15) is 4.79 Å². The molecule has 1 atom stereocenters. The van der Waals surface area contributed by atoms with Crippen molar-refractivity contribution in [3.8, 4) is 0 Å². The Morgan fingerprint density at radius 1 is 1.50 bits per heavy atom. The summed E-state index contributed by atoms with van der Waals surface area (Å²) in [6, 6.07) is 7.48. The van der Waals surface area contributed by atoms with Gasteiger partial charge in [-0.1, -0.05) is 30.7 Å². The van der Waals surface area contributed by atoms with E-state index in [1.807, 2.05) is 31.2 Å². The number of carbonyl (C=O) groups is 1. The predicted molar refractivity (Wildman–Crippen MR) is 62.8 cm³/mol. The molecule has 1 aromatic carbocycles. The highest BCUT2D eigenvalue weighted by Gasteiger charge is 2.09. The van der Waals surface area contributed by atoms with E-state index in [2.05, 4.69) is 5.48 Å². The highest BCUT2D eigenvalue weighted by atomic mass is 35.5. The molecule has 0 saturated carbocycles. The van der Waals surface area contributed by atoms with Crippen LogP contribution < -0.4 is 11.2 Å². The molecule has 0 fully saturated rings. The summed E-state index contributed by atoms with van der Waals surface area (Å²) >= 11 is 5.79. The van der Waals surface area contributed by atoms with Crippen LogP contribution in [0.15, 0.2) is 24.3 Å². The van der Waals surface area contributed by atoms with Crippen LogP contribution in [-0.2, 0) is 9.63 Å². The Labute approximate surface area is 99.7 Å². The SMILES string of the molecule is CCC(NOCC(N)=O)c1ccc(Cl)cc1. The first-order valence-corrected chi connectivity index (χ1v) is 5.42. The number of hydroxylamine groups is 1. The fourth-order valence-electron chi connectivity index (χ4n) is 1.30. The lowest BCUT2D eigenvalue weighted by Crippen LogP contribution is -2.27. The monoisotopic (exact) mass is 242 g/mol. The van der Waals surface area contributed by atoms with Gasteiger partial charge in [-0.25, -0.2) is 0 Å². The Hall–Kier alpha value is -1.10. The van der Waals surface area contributed by atoms with Crippen molar-refractivity contribution in [2.75, 3.05) is 6.61 Å². The Morgan fingerprint density at radius 3 is 2.62 bits per heavy atom. The zero-order chi connectivity index (χ0) is 12.0. The van der Waals surface area contributed by atoms with Crippen molar-refractivity contribution in [2.45, 2.75) is 19.4 Å². The standard InChI is InChI=1S/C11H15ClN2O2/c1-2-10(14-16-7-11(13)15)8-3-5-9(12)6-4-8/h3-6,10,14H,2,7H2,1H3,(H2,13,15). The van der Waals surface area contributed by atoms with E-state index in [0.717, 1.165) is 12.0 Å². The van der Waals surface area contributed by atoms with Gasteiger partial charge in [-0.2, -0.15) is 5.48 Å². The van der Waals surface area contributed by atoms with Gasteiger partial charge in [0.05, 0.1) is 6.04 Å². The third-order valence-corrected chi connectivity index (χ3v) is 2.37. The molecule has 0 aliphatic rings. The van der Waals surface area contributed by atoms with Crippen LogP contribution in [0.5, 0.6) is 0 Å². The number of rotatable bonds is 6. The smallest absolute Gasteiger partial charge is 0.245 e. The van der Waals surface area contributed by atoms with Gasteiger partial charge in [0.2, 0.25) is 5.91 Å². The van der Waals surface area contributed by atoms with Crippen LogP contribution in [0.1, 0.15) is 24.9 Å². The van der Waals surface area contributed by atoms with Crippen molar-refractivity contribution in [2.24, 2.45) is 5.73 Å². The average Bonchev–Trinajstić information content (AvgIpc) is 2.26. The number of amides is 1. The van der Waals surface area contributed by atoms with Crippen molar-refractivity contribution in [3.63, 3.8) is 0 Å². The molecular formula is C11H15ClN2O2. The first kappa shape index (κ1) is 13.0. The summed E-state index contributed by atoms with van der Waals surface area (Å²) in [5.41, 5.74) is 8.80. The van der Waals surface area contributed by atoms with E-state index in [0.29, 0.717) is 5.02 Å². The molecule has 0 aromatic heterocycles. The van der Waals surface area contributed by atoms with Gasteiger partial charge in [0.15, 0.2) is 0 Å². The van der Waals surface area contributed by atoms with Gasteiger partial charge in [0.25, 0.3) is 0 Å². The van der Waals surface area contributed by atoms with Crippen LogP contribution in [0.3, 0.4) is 0 Å². The van der Waals surface area contributed by atoms with Crippen LogP contribution in [0.4, 0.5) is 0 Å². The maximum absolute atomic E-state index is 10.5. The molecule has 4 nitrogen and oxygen atoms in total. The second-order valence-electron chi connectivity index (χ2n) is 3.39. The molecule has 0 bridgehead atoms. The van der Waals surface area contributed by atoms with E-state index >= 15 is 0 Å². The Balaban J connectivity index is 2.53. The van der Waals surface area contributed by atoms with Gasteiger partial charge in [-0.05, 0) is 24.1 Å². The van der Waals surface area contributed by atoms with Crippen LogP contribution in [0, 0.1) is 0 Å². The van der Waals surface area contributed by atoms with Crippen molar-refractivity contribution in [1.29, 1.82) is 0 Å². The molecule has 0 radical (unpaired) electrons. The molecular weight excluding hydrogens is 228 g/mol. The molecule has 1 unspecified atom stereocenters. The third kappa shape index (κ3) is 4.18. The molecule has 0 aliphatic carbocycles. The number of benzene rings is 1. The Kier molecular flexibility index (Phi) is 5.25. The zero-order valence-corrected chi connectivity index (χ0v) is 9.83. The minimum atomic E-state index is -0.501. The van der Waals surface area contributed by atoms with E-state index < -0.39 is 5.91 Å². The number of nitrogens with one attached hydrogen (secondary N) is 1. The number of hydrogen-bond donors (Lipinski definition) is 2. The average molecular weight is 243 g/mol. The second kappa shape index (κ2) is 6.48. The summed E-state index contributed by atoms with van der Waals surface area (Å²) in [6.07, 6.45) is 0.834. The minimum Gasteiger partial charge on any atom is -0.368 e.